The van der Waals surface area contributed by atoms with Crippen LogP contribution in [0.4, 0.5) is 4.79 Å². The van der Waals surface area contributed by atoms with Crippen LogP contribution in [0.15, 0.2) is 40.4 Å². The van der Waals surface area contributed by atoms with E-state index >= 15 is 0 Å². The van der Waals surface area contributed by atoms with Crippen molar-refractivity contribution in [3.8, 4) is 5.75 Å². The van der Waals surface area contributed by atoms with E-state index in [0.717, 1.165) is 46.8 Å². The Balaban J connectivity index is 1.81. The highest BCUT2D eigenvalue weighted by Gasteiger charge is 2.26. The van der Waals surface area contributed by atoms with Gasteiger partial charge in [0.25, 0.3) is 5.91 Å². The summed E-state index contributed by atoms with van der Waals surface area (Å²) in [4.78, 5) is 32.8. The van der Waals surface area contributed by atoms with Crippen molar-refractivity contribution in [2.45, 2.75) is 46.1 Å². The third-order valence-corrected chi connectivity index (χ3v) is 4.93. The van der Waals surface area contributed by atoms with E-state index in [2.05, 4.69) is 22.2 Å². The minimum atomic E-state index is -0.739. The number of carbonyl (C=O) groups excluding carboxylic acids is 2. The van der Waals surface area contributed by atoms with Gasteiger partial charge in [-0.05, 0) is 68.8 Å². The zero-order valence-corrected chi connectivity index (χ0v) is 18.3. The summed E-state index contributed by atoms with van der Waals surface area (Å²) in [7, 11) is 0. The van der Waals surface area contributed by atoms with Gasteiger partial charge in [0.1, 0.15) is 11.4 Å². The quantitative estimate of drug-likeness (QED) is 0.539. The summed E-state index contributed by atoms with van der Waals surface area (Å²) >= 11 is 1.10. The molecule has 1 aliphatic rings. The van der Waals surface area contributed by atoms with Crippen LogP contribution in [0.1, 0.15) is 46.1 Å². The van der Waals surface area contributed by atoms with Crippen LogP contribution in [0.3, 0.4) is 0 Å². The molecule has 0 radical (unpaired) electrons. The maximum atomic E-state index is 12.3. The van der Waals surface area contributed by atoms with Crippen LogP contribution in [-0.2, 0) is 9.53 Å². The zero-order valence-electron chi connectivity index (χ0n) is 17.5. The molecule has 1 N–H and O–H groups in total. The first-order valence-corrected chi connectivity index (χ1v) is 10.6. The number of unbranched alkanes of at least 4 members (excludes halogenated alkanes) is 1. The second-order valence-electron chi connectivity index (χ2n) is 7.75. The van der Waals surface area contributed by atoms with E-state index < -0.39 is 11.7 Å². The van der Waals surface area contributed by atoms with Crippen LogP contribution in [-0.4, -0.2) is 34.4 Å². The van der Waals surface area contributed by atoms with Crippen molar-refractivity contribution in [1.82, 2.24) is 10.3 Å². The van der Waals surface area contributed by atoms with E-state index in [9.17, 15) is 9.59 Å². The van der Waals surface area contributed by atoms with Gasteiger partial charge in [0.05, 0.1) is 17.0 Å². The summed E-state index contributed by atoms with van der Waals surface area (Å²) in [6.07, 6.45) is 4.77. The fourth-order valence-electron chi connectivity index (χ4n) is 2.68. The van der Waals surface area contributed by atoms with E-state index in [4.69, 9.17) is 9.47 Å². The summed E-state index contributed by atoms with van der Waals surface area (Å²) in [5.74, 6) is 0.456. The molecule has 0 aliphatic carbocycles. The van der Waals surface area contributed by atoms with Crippen LogP contribution in [0.5, 0.6) is 5.75 Å². The van der Waals surface area contributed by atoms with E-state index in [1.165, 1.54) is 0 Å². The summed E-state index contributed by atoms with van der Waals surface area (Å²) in [6, 6.07) is 7.56. The molecule has 1 aliphatic heterocycles. The number of aliphatic imine (C=N–C) groups is 1. The van der Waals surface area contributed by atoms with Crippen molar-refractivity contribution < 1.29 is 19.1 Å². The highest BCUT2D eigenvalue weighted by Crippen LogP contribution is 2.29. The maximum absolute atomic E-state index is 12.3. The molecule has 1 aromatic carbocycles. The summed E-state index contributed by atoms with van der Waals surface area (Å²) < 4.78 is 11.0. The molecule has 158 valence electrons. The molecular weight excluding hydrogens is 402 g/mol. The molecule has 7 nitrogen and oxygen atoms in total. The molecule has 2 aromatic rings. The molecule has 0 atom stereocenters. The molecule has 30 heavy (non-hydrogen) atoms. The topological polar surface area (TPSA) is 89.9 Å². The standard InChI is InChI=1S/C22H25N3O4S/c1-5-6-11-28-17-9-10-23-16-8-7-14(12-15(16)17)13-18-19(26)24-20(30-18)25-21(27)29-22(2,3)4/h7-10,12-13H,5-6,11H2,1-4H3,(H,24,25,26,27). The van der Waals surface area contributed by atoms with Crippen molar-refractivity contribution in [2.75, 3.05) is 6.61 Å². The van der Waals surface area contributed by atoms with Crippen LogP contribution >= 0.6 is 11.8 Å². The predicted octanol–water partition coefficient (Wildman–Crippen LogP) is 4.91. The largest absolute Gasteiger partial charge is 0.493 e. The first kappa shape index (κ1) is 21.8. The number of amides is 2. The number of carbonyl (C=O) groups is 2. The van der Waals surface area contributed by atoms with Crippen LogP contribution < -0.4 is 10.1 Å². The van der Waals surface area contributed by atoms with Gasteiger partial charge in [-0.25, -0.2) is 4.79 Å². The number of hydrogen-bond acceptors (Lipinski definition) is 6. The highest BCUT2D eigenvalue weighted by molar-refractivity contribution is 8.18. The SMILES string of the molecule is CCCCOc1ccnc2ccc(C=C3SC(=NC(=O)OC(C)(C)C)NC3=O)cc12. The van der Waals surface area contributed by atoms with Gasteiger partial charge >= 0.3 is 6.09 Å². The summed E-state index contributed by atoms with van der Waals surface area (Å²) in [6.45, 7) is 8.02. The Hall–Kier alpha value is -2.87. The van der Waals surface area contributed by atoms with Crippen LogP contribution in [0.2, 0.25) is 0 Å². The van der Waals surface area contributed by atoms with Gasteiger partial charge in [-0.1, -0.05) is 19.4 Å². The number of rotatable bonds is 5. The number of fused-ring (bicyclic) bond motifs is 1. The third kappa shape index (κ3) is 5.82. The van der Waals surface area contributed by atoms with Gasteiger partial charge in [0, 0.05) is 11.6 Å². The van der Waals surface area contributed by atoms with Gasteiger partial charge in [-0.3, -0.25) is 9.78 Å². The number of amidine groups is 1. The first-order chi connectivity index (χ1) is 14.2. The van der Waals surface area contributed by atoms with Crippen LogP contribution in [0, 0.1) is 0 Å². The lowest BCUT2D eigenvalue weighted by Gasteiger charge is -2.17. The normalized spacial score (nSPS) is 16.9. The highest BCUT2D eigenvalue weighted by atomic mass is 32.2. The smallest absolute Gasteiger partial charge is 0.436 e. The van der Waals surface area contributed by atoms with Crippen LogP contribution in [0.25, 0.3) is 17.0 Å². The Bertz CT molecular complexity index is 1020. The molecule has 0 unspecified atom stereocenters. The van der Waals surface area contributed by atoms with Gasteiger partial charge in [-0.15, -0.1) is 0 Å². The lowest BCUT2D eigenvalue weighted by molar-refractivity contribution is -0.115. The van der Waals surface area contributed by atoms with Crippen molar-refractivity contribution in [3.05, 3.63) is 40.9 Å². The lowest BCUT2D eigenvalue weighted by Crippen LogP contribution is -2.25. The van der Waals surface area contributed by atoms with E-state index in [1.54, 1.807) is 33.0 Å². The molecule has 1 aromatic heterocycles. The molecule has 0 bridgehead atoms. The van der Waals surface area contributed by atoms with E-state index in [-0.39, 0.29) is 11.1 Å². The van der Waals surface area contributed by atoms with Gasteiger partial charge in [0.2, 0.25) is 0 Å². The monoisotopic (exact) mass is 427 g/mol. The minimum absolute atomic E-state index is 0.201. The number of pyridine rings is 1. The maximum Gasteiger partial charge on any atom is 0.436 e. The van der Waals surface area contributed by atoms with Gasteiger partial charge in [-0.2, -0.15) is 4.99 Å². The number of benzene rings is 1. The Morgan fingerprint density at radius 3 is 2.83 bits per heavy atom. The Labute approximate surface area is 179 Å². The van der Waals surface area contributed by atoms with Crippen molar-refractivity contribution >= 4 is 45.9 Å². The fourth-order valence-corrected chi connectivity index (χ4v) is 3.49. The Morgan fingerprint density at radius 2 is 2.10 bits per heavy atom. The van der Waals surface area contributed by atoms with Gasteiger partial charge < -0.3 is 14.8 Å². The number of nitrogens with zero attached hydrogens (tertiary/aromatic N) is 2. The summed E-state index contributed by atoms with van der Waals surface area (Å²) in [5, 5.41) is 3.68. The Morgan fingerprint density at radius 1 is 1.30 bits per heavy atom. The summed E-state index contributed by atoms with van der Waals surface area (Å²) in [5.41, 5.74) is 0.997. The zero-order chi connectivity index (χ0) is 21.7. The molecule has 1 fully saturated rings. The molecular formula is C22H25N3O4S. The Kier molecular flexibility index (Phi) is 6.77. The number of ether oxygens (including phenoxy) is 2. The number of hydrogen-bond donors (Lipinski definition) is 1. The predicted molar refractivity (Wildman–Crippen MR) is 120 cm³/mol. The number of thioether (sulfide) groups is 1. The fraction of sp³-hybridized carbons (Fsp3) is 0.364. The molecule has 1 saturated heterocycles. The average Bonchev–Trinajstić information content (AvgIpc) is 2.99. The molecule has 2 amide bonds. The number of aromatic nitrogens is 1. The van der Waals surface area contributed by atoms with E-state index in [1.807, 2.05) is 24.3 Å². The molecule has 0 spiro atoms. The minimum Gasteiger partial charge on any atom is -0.493 e. The lowest BCUT2D eigenvalue weighted by atomic mass is 10.1. The van der Waals surface area contributed by atoms with Crippen molar-refractivity contribution in [3.63, 3.8) is 0 Å². The van der Waals surface area contributed by atoms with Crippen molar-refractivity contribution in [2.24, 2.45) is 4.99 Å². The molecule has 0 saturated carbocycles. The van der Waals surface area contributed by atoms with E-state index in [0.29, 0.717) is 11.5 Å². The second-order valence-corrected chi connectivity index (χ2v) is 8.78. The first-order valence-electron chi connectivity index (χ1n) is 9.79. The molecule has 3 rings (SSSR count). The average molecular weight is 428 g/mol. The number of nitrogens with one attached hydrogen (secondary N) is 1. The molecule has 8 heteroatoms. The second kappa shape index (κ2) is 9.30. The van der Waals surface area contributed by atoms with Crippen molar-refractivity contribution in [1.29, 1.82) is 0 Å². The van der Waals surface area contributed by atoms with Gasteiger partial charge in [0.15, 0.2) is 5.17 Å². The third-order valence-electron chi connectivity index (χ3n) is 4.02. The molecule has 2 heterocycles.